The predicted octanol–water partition coefficient (Wildman–Crippen LogP) is 3.59. The molecule has 0 heterocycles. The highest BCUT2D eigenvalue weighted by atomic mass is 35.5. The summed E-state index contributed by atoms with van der Waals surface area (Å²) in [6.45, 7) is 1.62. The molecule has 2 aromatic carbocycles. The first-order valence-corrected chi connectivity index (χ1v) is 8.64. The molecule has 26 heavy (non-hydrogen) atoms. The molecule has 0 aliphatic rings. The van der Waals surface area contributed by atoms with Gasteiger partial charge >= 0.3 is 0 Å². The maximum Gasteiger partial charge on any atom is 0.276 e. The monoisotopic (exact) mass is 415 g/mol. The summed E-state index contributed by atoms with van der Waals surface area (Å²) in [6, 6.07) is 10.4. The number of aryl methyl sites for hydroxylation is 1. The number of hydrogen-bond acceptors (Lipinski definition) is 4. The summed E-state index contributed by atoms with van der Waals surface area (Å²) >= 11 is 17.6. The van der Waals surface area contributed by atoms with E-state index in [2.05, 4.69) is 16.2 Å². The van der Waals surface area contributed by atoms with Crippen molar-refractivity contribution in [2.24, 2.45) is 0 Å². The Kier molecular flexibility index (Phi) is 7.38. The van der Waals surface area contributed by atoms with Crippen molar-refractivity contribution in [2.75, 3.05) is 18.5 Å². The highest BCUT2D eigenvalue weighted by molar-refractivity contribution is 6.43. The maximum absolute atomic E-state index is 11.7. The molecule has 6 nitrogen and oxygen atoms in total. The third kappa shape index (κ3) is 6.29. The maximum atomic E-state index is 11.7. The van der Waals surface area contributed by atoms with Crippen LogP contribution in [0.3, 0.4) is 0 Å². The highest BCUT2D eigenvalue weighted by Gasteiger charge is 2.10. The van der Waals surface area contributed by atoms with Gasteiger partial charge in [0.2, 0.25) is 0 Å². The average molecular weight is 417 g/mol. The van der Waals surface area contributed by atoms with Crippen LogP contribution in [0.2, 0.25) is 15.1 Å². The molecule has 0 aliphatic carbocycles. The number of halogens is 3. The van der Waals surface area contributed by atoms with Crippen LogP contribution in [0, 0.1) is 6.92 Å². The van der Waals surface area contributed by atoms with Gasteiger partial charge in [-0.3, -0.25) is 20.4 Å². The standard InChI is InChI=1S/C17H16Cl3N3O3/c1-10-2-4-11(5-3-10)21-8-16(24)22-23-17(25)9-26-15-7-13(19)12(18)6-14(15)20/h2-7,21H,8-9H2,1H3,(H,22,24)(H,23,25). The molecule has 0 spiro atoms. The Morgan fingerprint density at radius 1 is 0.923 bits per heavy atom. The van der Waals surface area contributed by atoms with Gasteiger partial charge in [-0.15, -0.1) is 0 Å². The van der Waals surface area contributed by atoms with E-state index < -0.39 is 11.8 Å². The van der Waals surface area contributed by atoms with Crippen LogP contribution >= 0.6 is 34.8 Å². The molecule has 0 aliphatic heterocycles. The number of amides is 2. The molecule has 0 fully saturated rings. The van der Waals surface area contributed by atoms with Crippen molar-refractivity contribution in [1.82, 2.24) is 10.9 Å². The summed E-state index contributed by atoms with van der Waals surface area (Å²) in [5, 5.41) is 3.69. The van der Waals surface area contributed by atoms with E-state index in [4.69, 9.17) is 39.5 Å². The van der Waals surface area contributed by atoms with E-state index in [1.54, 1.807) is 0 Å². The molecule has 138 valence electrons. The fraction of sp³-hybridized carbons (Fsp3) is 0.176. The number of rotatable bonds is 6. The minimum atomic E-state index is -0.559. The van der Waals surface area contributed by atoms with Crippen LogP contribution in [0.1, 0.15) is 5.56 Å². The molecule has 0 unspecified atom stereocenters. The molecule has 2 amide bonds. The summed E-state index contributed by atoms with van der Waals surface area (Å²) in [5.74, 6) is -0.758. The van der Waals surface area contributed by atoms with Gasteiger partial charge in [-0.25, -0.2) is 0 Å². The number of anilines is 1. The van der Waals surface area contributed by atoms with Crippen LogP contribution in [0.25, 0.3) is 0 Å². The van der Waals surface area contributed by atoms with Crippen molar-refractivity contribution in [2.45, 2.75) is 6.92 Å². The molecule has 0 atom stereocenters. The zero-order valence-electron chi connectivity index (χ0n) is 13.7. The Morgan fingerprint density at radius 2 is 1.54 bits per heavy atom. The van der Waals surface area contributed by atoms with E-state index in [9.17, 15) is 9.59 Å². The third-order valence-corrected chi connectivity index (χ3v) is 4.20. The Bertz CT molecular complexity index is 798. The van der Waals surface area contributed by atoms with Crippen LogP contribution in [0.4, 0.5) is 5.69 Å². The molecule has 0 radical (unpaired) electrons. The third-order valence-electron chi connectivity index (χ3n) is 3.18. The Morgan fingerprint density at radius 3 is 2.23 bits per heavy atom. The molecular weight excluding hydrogens is 401 g/mol. The summed E-state index contributed by atoms with van der Waals surface area (Å²) in [4.78, 5) is 23.4. The normalized spacial score (nSPS) is 10.2. The van der Waals surface area contributed by atoms with Gasteiger partial charge in [0.1, 0.15) is 5.75 Å². The average Bonchev–Trinajstić information content (AvgIpc) is 2.61. The van der Waals surface area contributed by atoms with Crippen molar-refractivity contribution >= 4 is 52.3 Å². The van der Waals surface area contributed by atoms with Gasteiger partial charge in [-0.1, -0.05) is 52.5 Å². The van der Waals surface area contributed by atoms with E-state index in [1.165, 1.54) is 12.1 Å². The van der Waals surface area contributed by atoms with E-state index >= 15 is 0 Å². The van der Waals surface area contributed by atoms with Crippen LogP contribution in [-0.4, -0.2) is 25.0 Å². The van der Waals surface area contributed by atoms with Crippen molar-refractivity contribution in [3.05, 3.63) is 57.0 Å². The van der Waals surface area contributed by atoms with Crippen LogP contribution in [-0.2, 0) is 9.59 Å². The number of nitrogens with one attached hydrogen (secondary N) is 3. The SMILES string of the molecule is Cc1ccc(NCC(=O)NNC(=O)COc2cc(Cl)c(Cl)cc2Cl)cc1. The van der Waals surface area contributed by atoms with E-state index in [-0.39, 0.29) is 34.0 Å². The second-order valence-corrected chi connectivity index (χ2v) is 6.52. The number of hydrogen-bond donors (Lipinski definition) is 3. The molecule has 2 aromatic rings. The van der Waals surface area contributed by atoms with Crippen molar-refractivity contribution < 1.29 is 14.3 Å². The number of benzene rings is 2. The molecule has 0 saturated carbocycles. The first-order valence-electron chi connectivity index (χ1n) is 7.50. The largest absolute Gasteiger partial charge is 0.482 e. The topological polar surface area (TPSA) is 79.5 Å². The van der Waals surface area contributed by atoms with E-state index in [0.29, 0.717) is 0 Å². The zero-order chi connectivity index (χ0) is 19.1. The van der Waals surface area contributed by atoms with Crippen molar-refractivity contribution in [1.29, 1.82) is 0 Å². The van der Waals surface area contributed by atoms with Crippen molar-refractivity contribution in [3.8, 4) is 5.75 Å². The van der Waals surface area contributed by atoms with Gasteiger partial charge in [0.05, 0.1) is 21.6 Å². The fourth-order valence-corrected chi connectivity index (χ4v) is 2.42. The molecular formula is C17H16Cl3N3O3. The van der Waals surface area contributed by atoms with Crippen LogP contribution < -0.4 is 20.9 Å². The molecule has 3 N–H and O–H groups in total. The summed E-state index contributed by atoms with van der Waals surface area (Å²) in [6.07, 6.45) is 0. The quantitative estimate of drug-likeness (QED) is 0.497. The highest BCUT2D eigenvalue weighted by Crippen LogP contribution is 2.33. The Labute approximate surface area is 165 Å². The fourth-order valence-electron chi connectivity index (χ4n) is 1.83. The summed E-state index contributed by atoms with van der Waals surface area (Å²) in [7, 11) is 0. The lowest BCUT2D eigenvalue weighted by atomic mass is 10.2. The molecule has 9 heteroatoms. The smallest absolute Gasteiger partial charge is 0.276 e. The lowest BCUT2D eigenvalue weighted by Crippen LogP contribution is -2.45. The minimum Gasteiger partial charge on any atom is -0.482 e. The van der Waals surface area contributed by atoms with Crippen molar-refractivity contribution in [3.63, 3.8) is 0 Å². The first kappa shape index (κ1) is 20.2. The van der Waals surface area contributed by atoms with Gasteiger partial charge < -0.3 is 10.1 Å². The zero-order valence-corrected chi connectivity index (χ0v) is 16.0. The predicted molar refractivity (Wildman–Crippen MR) is 103 cm³/mol. The lowest BCUT2D eigenvalue weighted by Gasteiger charge is -2.11. The van der Waals surface area contributed by atoms with E-state index in [0.717, 1.165) is 11.3 Å². The van der Waals surface area contributed by atoms with Gasteiger partial charge in [0.15, 0.2) is 6.61 Å². The second kappa shape index (κ2) is 9.52. The lowest BCUT2D eigenvalue weighted by molar-refractivity contribution is -0.129. The Balaban J connectivity index is 1.72. The summed E-state index contributed by atoms with van der Waals surface area (Å²) < 4.78 is 5.25. The molecule has 0 bridgehead atoms. The van der Waals surface area contributed by atoms with E-state index in [1.807, 2.05) is 31.2 Å². The molecule has 2 rings (SSSR count). The van der Waals surface area contributed by atoms with Gasteiger partial charge in [-0.05, 0) is 25.1 Å². The molecule has 0 aromatic heterocycles. The number of ether oxygens (including phenoxy) is 1. The van der Waals surface area contributed by atoms with Crippen LogP contribution in [0.5, 0.6) is 5.75 Å². The number of carbonyl (C=O) groups is 2. The molecule has 0 saturated heterocycles. The Hall–Kier alpha value is -2.15. The number of carbonyl (C=O) groups excluding carboxylic acids is 2. The van der Waals surface area contributed by atoms with Gasteiger partial charge in [0.25, 0.3) is 11.8 Å². The second-order valence-electron chi connectivity index (χ2n) is 5.30. The minimum absolute atomic E-state index is 0.00280. The summed E-state index contributed by atoms with van der Waals surface area (Å²) in [5.41, 5.74) is 6.43. The number of hydrazine groups is 1. The van der Waals surface area contributed by atoms with Crippen LogP contribution in [0.15, 0.2) is 36.4 Å². The van der Waals surface area contributed by atoms with Gasteiger partial charge in [-0.2, -0.15) is 0 Å². The first-order chi connectivity index (χ1) is 12.3. The van der Waals surface area contributed by atoms with Gasteiger partial charge in [0, 0.05) is 11.8 Å².